The van der Waals surface area contributed by atoms with Crippen molar-refractivity contribution >= 4 is 5.78 Å². The molecule has 0 aromatic carbocycles. The number of azo groups is 1. The van der Waals surface area contributed by atoms with Gasteiger partial charge in [-0.2, -0.15) is 10.2 Å². The van der Waals surface area contributed by atoms with Crippen LogP contribution in [0.25, 0.3) is 0 Å². The molecule has 0 aliphatic carbocycles. The van der Waals surface area contributed by atoms with Gasteiger partial charge in [0.15, 0.2) is 0 Å². The normalized spacial score (nSPS) is 10.7. The van der Waals surface area contributed by atoms with Gasteiger partial charge >= 0.3 is 0 Å². The van der Waals surface area contributed by atoms with Crippen molar-refractivity contribution < 1.29 is 4.79 Å². The minimum Gasteiger partial charge on any atom is -0.300 e. The Bertz CT molecular complexity index is 200. The smallest absolute Gasteiger partial charge is 0.132 e. The number of rotatable bonds is 10. The fourth-order valence-corrected chi connectivity index (χ4v) is 1.33. The molecule has 3 heteroatoms. The Morgan fingerprint density at radius 2 is 1.87 bits per heavy atom. The first-order chi connectivity index (χ1) is 7.31. The van der Waals surface area contributed by atoms with Gasteiger partial charge in [0.25, 0.3) is 0 Å². The van der Waals surface area contributed by atoms with Gasteiger partial charge in [0.2, 0.25) is 0 Å². The molecule has 0 amide bonds. The molecule has 0 spiro atoms. The van der Waals surface area contributed by atoms with Crippen LogP contribution in [0.4, 0.5) is 0 Å². The molecule has 0 aromatic rings. The van der Waals surface area contributed by atoms with E-state index in [2.05, 4.69) is 16.8 Å². The lowest BCUT2D eigenvalue weighted by atomic mass is 10.1. The summed E-state index contributed by atoms with van der Waals surface area (Å²) in [6.45, 7) is 6.17. The van der Waals surface area contributed by atoms with Crippen LogP contribution < -0.4 is 0 Å². The summed E-state index contributed by atoms with van der Waals surface area (Å²) in [4.78, 5) is 11.0. The SMILES string of the molecule is C=CN=NCCCCCCCC(=O)CC. The number of Topliss-reactive ketones (excluding diaryl/α,β-unsaturated/α-hetero) is 1. The molecule has 0 aliphatic rings. The van der Waals surface area contributed by atoms with Crippen molar-refractivity contribution in [1.29, 1.82) is 0 Å². The second-order valence-corrected chi connectivity index (χ2v) is 3.57. The molecule has 0 saturated carbocycles. The molecule has 86 valence electrons. The molecule has 0 aromatic heterocycles. The second-order valence-electron chi connectivity index (χ2n) is 3.57. The molecule has 0 atom stereocenters. The Labute approximate surface area is 92.7 Å². The lowest BCUT2D eigenvalue weighted by molar-refractivity contribution is -0.118. The highest BCUT2D eigenvalue weighted by molar-refractivity contribution is 5.77. The van der Waals surface area contributed by atoms with Gasteiger partial charge in [0.1, 0.15) is 5.78 Å². The molecule has 0 saturated heterocycles. The van der Waals surface area contributed by atoms with Crippen LogP contribution in [0.5, 0.6) is 0 Å². The number of ketones is 1. The van der Waals surface area contributed by atoms with Gasteiger partial charge in [0, 0.05) is 19.0 Å². The summed E-state index contributed by atoms with van der Waals surface area (Å²) in [6.07, 6.45) is 8.55. The van der Waals surface area contributed by atoms with Crippen LogP contribution in [0.3, 0.4) is 0 Å². The quantitative estimate of drug-likeness (QED) is 0.398. The van der Waals surface area contributed by atoms with Crippen molar-refractivity contribution in [2.45, 2.75) is 51.9 Å². The molecule has 0 aliphatic heterocycles. The van der Waals surface area contributed by atoms with Crippen molar-refractivity contribution in [3.8, 4) is 0 Å². The van der Waals surface area contributed by atoms with Gasteiger partial charge in [-0.1, -0.05) is 32.8 Å². The van der Waals surface area contributed by atoms with Crippen LogP contribution in [0, 0.1) is 0 Å². The van der Waals surface area contributed by atoms with Crippen LogP contribution in [0.1, 0.15) is 51.9 Å². The van der Waals surface area contributed by atoms with Crippen molar-refractivity contribution in [3.63, 3.8) is 0 Å². The topological polar surface area (TPSA) is 41.8 Å². The molecule has 0 fully saturated rings. The van der Waals surface area contributed by atoms with Gasteiger partial charge in [-0.15, -0.1) is 0 Å². The van der Waals surface area contributed by atoms with Crippen molar-refractivity contribution in [3.05, 3.63) is 12.8 Å². The number of nitrogens with zero attached hydrogens (tertiary/aromatic N) is 2. The number of carbonyl (C=O) groups excluding carboxylic acids is 1. The van der Waals surface area contributed by atoms with Crippen LogP contribution in [0.2, 0.25) is 0 Å². The van der Waals surface area contributed by atoms with E-state index < -0.39 is 0 Å². The summed E-state index contributed by atoms with van der Waals surface area (Å²) in [5, 5.41) is 7.59. The molecule has 0 bridgehead atoms. The van der Waals surface area contributed by atoms with Crippen molar-refractivity contribution in [2.24, 2.45) is 10.2 Å². The first-order valence-corrected chi connectivity index (χ1v) is 5.80. The maximum Gasteiger partial charge on any atom is 0.132 e. The third kappa shape index (κ3) is 10.9. The van der Waals surface area contributed by atoms with E-state index in [0.29, 0.717) is 12.2 Å². The highest BCUT2D eigenvalue weighted by atomic mass is 16.1. The van der Waals surface area contributed by atoms with Crippen LogP contribution in [-0.2, 0) is 4.79 Å². The standard InChI is InChI=1S/C12H22N2O/c1-3-12(15)10-8-6-5-7-9-11-14-13-4-2/h4H,2-3,5-11H2,1H3. The molecule has 0 N–H and O–H groups in total. The van der Waals surface area contributed by atoms with E-state index in [1.807, 2.05) is 6.92 Å². The lowest BCUT2D eigenvalue weighted by Gasteiger charge is -1.98. The van der Waals surface area contributed by atoms with Gasteiger partial charge in [-0.05, 0) is 12.8 Å². The summed E-state index contributed by atoms with van der Waals surface area (Å²) in [6, 6.07) is 0. The van der Waals surface area contributed by atoms with E-state index in [1.165, 1.54) is 19.0 Å². The number of hydrogen-bond donors (Lipinski definition) is 0. The zero-order chi connectivity index (χ0) is 11.4. The van der Waals surface area contributed by atoms with E-state index >= 15 is 0 Å². The highest BCUT2D eigenvalue weighted by Gasteiger charge is 1.97. The van der Waals surface area contributed by atoms with E-state index in [-0.39, 0.29) is 0 Å². The van der Waals surface area contributed by atoms with Crippen molar-refractivity contribution in [1.82, 2.24) is 0 Å². The zero-order valence-corrected chi connectivity index (χ0v) is 9.74. The maximum absolute atomic E-state index is 11.0. The molecule has 3 nitrogen and oxygen atoms in total. The van der Waals surface area contributed by atoms with Crippen LogP contribution in [-0.4, -0.2) is 12.3 Å². The molecule has 0 radical (unpaired) electrons. The molecule has 15 heavy (non-hydrogen) atoms. The predicted molar refractivity (Wildman–Crippen MR) is 62.9 cm³/mol. The predicted octanol–water partition coefficient (Wildman–Crippen LogP) is 3.90. The van der Waals surface area contributed by atoms with E-state index in [9.17, 15) is 4.79 Å². The average Bonchev–Trinajstić information content (AvgIpc) is 2.26. The highest BCUT2D eigenvalue weighted by Crippen LogP contribution is 2.06. The number of unbranched alkanes of at least 4 members (excludes halogenated alkanes) is 4. The van der Waals surface area contributed by atoms with Crippen LogP contribution >= 0.6 is 0 Å². The van der Waals surface area contributed by atoms with Gasteiger partial charge in [-0.25, -0.2) is 0 Å². The zero-order valence-electron chi connectivity index (χ0n) is 9.74. The first-order valence-electron chi connectivity index (χ1n) is 5.80. The van der Waals surface area contributed by atoms with E-state index in [1.54, 1.807) is 0 Å². The van der Waals surface area contributed by atoms with Gasteiger partial charge < -0.3 is 0 Å². The Balaban J connectivity index is 3.08. The summed E-state index contributed by atoms with van der Waals surface area (Å²) < 4.78 is 0. The number of hydrogen-bond acceptors (Lipinski definition) is 3. The van der Waals surface area contributed by atoms with E-state index in [4.69, 9.17) is 0 Å². The fourth-order valence-electron chi connectivity index (χ4n) is 1.33. The summed E-state index contributed by atoms with van der Waals surface area (Å²) in [5.74, 6) is 0.384. The third-order valence-electron chi connectivity index (χ3n) is 2.27. The number of carbonyl (C=O) groups is 1. The Morgan fingerprint density at radius 3 is 2.53 bits per heavy atom. The minimum absolute atomic E-state index is 0.384. The minimum atomic E-state index is 0.384. The maximum atomic E-state index is 11.0. The third-order valence-corrected chi connectivity index (χ3v) is 2.27. The first kappa shape index (κ1) is 14.0. The van der Waals surface area contributed by atoms with Gasteiger partial charge in [-0.3, -0.25) is 4.79 Å². The molecular weight excluding hydrogens is 188 g/mol. The van der Waals surface area contributed by atoms with Crippen LogP contribution in [0.15, 0.2) is 23.0 Å². The summed E-state index contributed by atoms with van der Waals surface area (Å²) in [7, 11) is 0. The largest absolute Gasteiger partial charge is 0.300 e. The van der Waals surface area contributed by atoms with Crippen molar-refractivity contribution in [2.75, 3.05) is 6.54 Å². The molecule has 0 unspecified atom stereocenters. The molecular formula is C12H22N2O. The van der Waals surface area contributed by atoms with Gasteiger partial charge in [0.05, 0.1) is 6.54 Å². The average molecular weight is 210 g/mol. The Morgan fingerprint density at radius 1 is 1.20 bits per heavy atom. The summed E-state index contributed by atoms with van der Waals surface area (Å²) in [5.41, 5.74) is 0. The van der Waals surface area contributed by atoms with E-state index in [0.717, 1.165) is 32.2 Å². The lowest BCUT2D eigenvalue weighted by Crippen LogP contribution is -1.94. The monoisotopic (exact) mass is 210 g/mol. The Hall–Kier alpha value is -0.990. The summed E-state index contributed by atoms with van der Waals surface area (Å²) >= 11 is 0. The fraction of sp³-hybridized carbons (Fsp3) is 0.750. The molecule has 0 heterocycles. The second kappa shape index (κ2) is 11.1. The molecule has 0 rings (SSSR count). The Kier molecular flexibility index (Phi) is 10.4.